The van der Waals surface area contributed by atoms with E-state index in [4.69, 9.17) is 0 Å². The van der Waals surface area contributed by atoms with Crippen LogP contribution in [0.2, 0.25) is 0 Å². The molecular weight excluding hydrogens is 261 g/mol. The van der Waals surface area contributed by atoms with E-state index in [-0.39, 0.29) is 5.82 Å². The molecule has 1 atom stereocenters. The molecular formula is C14H14FN3O2. The number of fused-ring (bicyclic) bond motifs is 1. The molecule has 104 valence electrons. The fourth-order valence-electron chi connectivity index (χ4n) is 2.61. The summed E-state index contributed by atoms with van der Waals surface area (Å²) in [6.07, 6.45) is 1.90. The molecule has 0 aliphatic carbocycles. The number of carboxylic acid groups (broad SMARTS) is 1. The molecule has 2 heterocycles. The lowest BCUT2D eigenvalue weighted by molar-refractivity contribution is -0.146. The van der Waals surface area contributed by atoms with E-state index in [0.717, 1.165) is 0 Å². The number of carbonyl (C=O) groups is 1. The van der Waals surface area contributed by atoms with Gasteiger partial charge in [0, 0.05) is 13.1 Å². The van der Waals surface area contributed by atoms with Crippen LogP contribution in [0.1, 0.15) is 13.3 Å². The summed E-state index contributed by atoms with van der Waals surface area (Å²) in [6.45, 7) is 2.57. The zero-order valence-electron chi connectivity index (χ0n) is 11.0. The summed E-state index contributed by atoms with van der Waals surface area (Å²) in [5, 5.41) is 9.62. The zero-order valence-corrected chi connectivity index (χ0v) is 11.0. The summed E-state index contributed by atoms with van der Waals surface area (Å²) in [5.41, 5.74) is -0.290. The molecule has 1 aromatic heterocycles. The van der Waals surface area contributed by atoms with Crippen LogP contribution in [0, 0.1) is 11.2 Å². The molecule has 0 radical (unpaired) electrons. The van der Waals surface area contributed by atoms with Gasteiger partial charge >= 0.3 is 5.97 Å². The van der Waals surface area contributed by atoms with E-state index < -0.39 is 11.4 Å². The quantitative estimate of drug-likeness (QED) is 0.908. The maximum atomic E-state index is 14.0. The topological polar surface area (TPSA) is 66.3 Å². The van der Waals surface area contributed by atoms with Crippen LogP contribution in [0.3, 0.4) is 0 Å². The highest BCUT2D eigenvalue weighted by atomic mass is 19.1. The number of aliphatic carboxylic acids is 1. The van der Waals surface area contributed by atoms with Crippen molar-refractivity contribution in [1.82, 2.24) is 9.97 Å². The Balaban J connectivity index is 2.06. The fourth-order valence-corrected chi connectivity index (χ4v) is 2.61. The third-order valence-electron chi connectivity index (χ3n) is 3.88. The number of aromatic nitrogens is 2. The van der Waals surface area contributed by atoms with Crippen molar-refractivity contribution in [2.45, 2.75) is 13.3 Å². The number of hydrogen-bond acceptors (Lipinski definition) is 4. The van der Waals surface area contributed by atoms with Gasteiger partial charge < -0.3 is 10.0 Å². The fraction of sp³-hybridized carbons (Fsp3) is 0.357. The Bertz CT molecular complexity index is 686. The second-order valence-corrected chi connectivity index (χ2v) is 5.37. The first kappa shape index (κ1) is 12.8. The highest BCUT2D eigenvalue weighted by Crippen LogP contribution is 2.35. The normalized spacial score (nSPS) is 22.4. The van der Waals surface area contributed by atoms with Crippen LogP contribution in [0.15, 0.2) is 24.5 Å². The number of hydrogen-bond donors (Lipinski definition) is 1. The first-order chi connectivity index (χ1) is 9.51. The molecule has 1 aliphatic heterocycles. The SMILES string of the molecule is CC1(C(=O)O)CCN(c2ncnc3cccc(F)c23)C1. The summed E-state index contributed by atoms with van der Waals surface area (Å²) in [4.78, 5) is 21.3. The molecule has 0 bridgehead atoms. The van der Waals surface area contributed by atoms with Gasteiger partial charge in [0.2, 0.25) is 0 Å². The molecule has 1 aliphatic rings. The number of anilines is 1. The third kappa shape index (κ3) is 1.88. The lowest BCUT2D eigenvalue weighted by atomic mass is 9.90. The largest absolute Gasteiger partial charge is 0.481 e. The van der Waals surface area contributed by atoms with Crippen LogP contribution in [-0.2, 0) is 4.79 Å². The molecule has 20 heavy (non-hydrogen) atoms. The van der Waals surface area contributed by atoms with Crippen molar-refractivity contribution >= 4 is 22.7 Å². The molecule has 1 saturated heterocycles. The number of carboxylic acids is 1. The standard InChI is InChI=1S/C14H14FN3O2/c1-14(13(19)20)5-6-18(7-14)12-11-9(15)3-2-4-10(11)16-8-17-12/h2-4,8H,5-7H2,1H3,(H,19,20). The lowest BCUT2D eigenvalue weighted by Gasteiger charge is -2.21. The predicted molar refractivity (Wildman–Crippen MR) is 72.1 cm³/mol. The summed E-state index contributed by atoms with van der Waals surface area (Å²) in [6, 6.07) is 4.68. The molecule has 5 nitrogen and oxygen atoms in total. The predicted octanol–water partition coefficient (Wildman–Crippen LogP) is 2.07. The van der Waals surface area contributed by atoms with Crippen LogP contribution in [0.25, 0.3) is 10.9 Å². The van der Waals surface area contributed by atoms with Gasteiger partial charge in [0.05, 0.1) is 16.3 Å². The minimum Gasteiger partial charge on any atom is -0.481 e. The molecule has 6 heteroatoms. The molecule has 1 unspecified atom stereocenters. The van der Waals surface area contributed by atoms with Gasteiger partial charge in [-0.15, -0.1) is 0 Å². The minimum absolute atomic E-state index is 0.322. The average Bonchev–Trinajstić information content (AvgIpc) is 2.82. The average molecular weight is 275 g/mol. The molecule has 1 aromatic carbocycles. The second-order valence-electron chi connectivity index (χ2n) is 5.37. The Hall–Kier alpha value is -2.24. The van der Waals surface area contributed by atoms with Gasteiger partial charge in [0.15, 0.2) is 0 Å². The Labute approximate surface area is 115 Å². The van der Waals surface area contributed by atoms with Crippen LogP contribution < -0.4 is 4.90 Å². The van der Waals surface area contributed by atoms with Crippen molar-refractivity contribution in [1.29, 1.82) is 0 Å². The summed E-state index contributed by atoms with van der Waals surface area (Å²) in [7, 11) is 0. The van der Waals surface area contributed by atoms with Crippen molar-refractivity contribution < 1.29 is 14.3 Å². The first-order valence-electron chi connectivity index (χ1n) is 6.39. The smallest absolute Gasteiger partial charge is 0.311 e. The van der Waals surface area contributed by atoms with Crippen LogP contribution >= 0.6 is 0 Å². The molecule has 2 aromatic rings. The van der Waals surface area contributed by atoms with Gasteiger partial charge in [-0.25, -0.2) is 14.4 Å². The van der Waals surface area contributed by atoms with Gasteiger partial charge in [-0.1, -0.05) is 6.07 Å². The van der Waals surface area contributed by atoms with Gasteiger partial charge in [-0.05, 0) is 25.5 Å². The zero-order chi connectivity index (χ0) is 14.3. The van der Waals surface area contributed by atoms with E-state index in [2.05, 4.69) is 9.97 Å². The van der Waals surface area contributed by atoms with Crippen molar-refractivity contribution in [2.24, 2.45) is 5.41 Å². The van der Waals surface area contributed by atoms with Crippen molar-refractivity contribution in [3.63, 3.8) is 0 Å². The molecule has 3 rings (SSSR count). The molecule has 0 amide bonds. The van der Waals surface area contributed by atoms with E-state index in [1.54, 1.807) is 19.1 Å². The van der Waals surface area contributed by atoms with Gasteiger partial charge in [0.25, 0.3) is 0 Å². The van der Waals surface area contributed by atoms with Crippen LogP contribution in [0.4, 0.5) is 10.2 Å². The highest BCUT2D eigenvalue weighted by molar-refractivity contribution is 5.90. The Kier molecular flexibility index (Phi) is 2.81. The van der Waals surface area contributed by atoms with Crippen LogP contribution in [-0.4, -0.2) is 34.1 Å². The van der Waals surface area contributed by atoms with Crippen molar-refractivity contribution in [3.05, 3.63) is 30.3 Å². The summed E-state index contributed by atoms with van der Waals surface area (Å²) < 4.78 is 14.0. The van der Waals surface area contributed by atoms with Gasteiger partial charge in [0.1, 0.15) is 18.0 Å². The van der Waals surface area contributed by atoms with Crippen molar-refractivity contribution in [3.8, 4) is 0 Å². The summed E-state index contributed by atoms with van der Waals surface area (Å²) in [5.74, 6) is -0.751. The molecule has 0 spiro atoms. The first-order valence-corrected chi connectivity index (χ1v) is 6.39. The van der Waals surface area contributed by atoms with E-state index in [9.17, 15) is 14.3 Å². The van der Waals surface area contributed by atoms with E-state index >= 15 is 0 Å². The lowest BCUT2D eigenvalue weighted by Crippen LogP contribution is -2.32. The van der Waals surface area contributed by atoms with Crippen LogP contribution in [0.5, 0.6) is 0 Å². The van der Waals surface area contributed by atoms with Crippen molar-refractivity contribution in [2.75, 3.05) is 18.0 Å². The van der Waals surface area contributed by atoms with Gasteiger partial charge in [-0.2, -0.15) is 0 Å². The second kappa shape index (κ2) is 4.40. The third-order valence-corrected chi connectivity index (χ3v) is 3.88. The molecule has 1 N–H and O–H groups in total. The maximum Gasteiger partial charge on any atom is 0.311 e. The summed E-state index contributed by atoms with van der Waals surface area (Å²) >= 11 is 0. The number of rotatable bonds is 2. The monoisotopic (exact) mass is 275 g/mol. The number of halogens is 1. The maximum absolute atomic E-state index is 14.0. The number of nitrogens with zero attached hydrogens (tertiary/aromatic N) is 3. The number of benzene rings is 1. The molecule has 0 saturated carbocycles. The van der Waals surface area contributed by atoms with E-state index in [1.165, 1.54) is 12.4 Å². The Morgan fingerprint density at radius 2 is 2.25 bits per heavy atom. The Morgan fingerprint density at radius 3 is 2.95 bits per heavy atom. The van der Waals surface area contributed by atoms with E-state index in [0.29, 0.717) is 36.2 Å². The molecule has 1 fully saturated rings. The highest BCUT2D eigenvalue weighted by Gasteiger charge is 2.41. The van der Waals surface area contributed by atoms with E-state index in [1.807, 2.05) is 4.90 Å². The Morgan fingerprint density at radius 1 is 1.45 bits per heavy atom. The van der Waals surface area contributed by atoms with Gasteiger partial charge in [-0.3, -0.25) is 4.79 Å². The minimum atomic E-state index is -0.834.